The summed E-state index contributed by atoms with van der Waals surface area (Å²) in [4.78, 5) is 4.72. The summed E-state index contributed by atoms with van der Waals surface area (Å²) in [6.45, 7) is 8.38. The van der Waals surface area contributed by atoms with Gasteiger partial charge >= 0.3 is 0 Å². The highest BCUT2D eigenvalue weighted by Gasteiger charge is 1.99. The number of rotatable bonds is 4. The molecule has 0 radical (unpaired) electrons. The molecule has 0 aliphatic carbocycles. The number of hydrogen-bond acceptors (Lipinski definition) is 1. The normalized spacial score (nSPS) is 14.0. The molecule has 0 fully saturated rings. The van der Waals surface area contributed by atoms with Gasteiger partial charge < -0.3 is 0 Å². The molecule has 0 atom stereocenters. The van der Waals surface area contributed by atoms with Crippen molar-refractivity contribution in [1.29, 1.82) is 0 Å². The number of aliphatic imine (C=N–C) groups is 1. The van der Waals surface area contributed by atoms with Crippen LogP contribution in [0.15, 0.2) is 58.7 Å². The zero-order valence-electron chi connectivity index (χ0n) is 11.2. The minimum atomic E-state index is 1.03. The lowest BCUT2D eigenvalue weighted by Gasteiger charge is -2.04. The summed E-state index contributed by atoms with van der Waals surface area (Å²) in [6, 6.07) is 10.3. The molecule has 0 heterocycles. The molecule has 17 heavy (non-hydrogen) atoms. The van der Waals surface area contributed by atoms with Crippen molar-refractivity contribution in [2.75, 3.05) is 0 Å². The third-order valence-corrected chi connectivity index (χ3v) is 2.77. The van der Waals surface area contributed by atoms with Crippen LogP contribution in [0, 0.1) is 0 Å². The van der Waals surface area contributed by atoms with Crippen molar-refractivity contribution in [3.63, 3.8) is 0 Å². The Labute approximate surface area is 105 Å². The predicted octanol–water partition coefficient (Wildman–Crippen LogP) is 4.76. The molecule has 0 saturated carbocycles. The molecule has 1 aromatic carbocycles. The highest BCUT2D eigenvalue weighted by atomic mass is 14.8. The summed E-state index contributed by atoms with van der Waals surface area (Å²) < 4.78 is 0. The van der Waals surface area contributed by atoms with Gasteiger partial charge in [-0.1, -0.05) is 43.3 Å². The summed E-state index contributed by atoms with van der Waals surface area (Å²) in [5.74, 6) is 0. The first-order valence-electron chi connectivity index (χ1n) is 6.12. The van der Waals surface area contributed by atoms with E-state index in [4.69, 9.17) is 4.99 Å². The first-order chi connectivity index (χ1) is 8.19. The van der Waals surface area contributed by atoms with Gasteiger partial charge in [-0.2, -0.15) is 0 Å². The topological polar surface area (TPSA) is 12.4 Å². The Bertz CT molecular complexity index is 436. The molecular weight excluding hydrogens is 206 g/mol. The van der Waals surface area contributed by atoms with Crippen molar-refractivity contribution in [3.05, 3.63) is 59.3 Å². The smallest absolute Gasteiger partial charge is 0.0618 e. The molecule has 0 unspecified atom stereocenters. The highest BCUT2D eigenvalue weighted by Crippen LogP contribution is 2.13. The molecule has 1 heteroatoms. The second-order valence-corrected chi connectivity index (χ2v) is 4.08. The average Bonchev–Trinajstić information content (AvgIpc) is 2.38. The lowest BCUT2D eigenvalue weighted by molar-refractivity contribution is 1.06. The Balaban J connectivity index is 3.08. The van der Waals surface area contributed by atoms with Crippen LogP contribution in [0.1, 0.15) is 39.7 Å². The second-order valence-electron chi connectivity index (χ2n) is 4.08. The van der Waals surface area contributed by atoms with Gasteiger partial charge in [-0.25, -0.2) is 0 Å². The molecule has 1 aromatic rings. The van der Waals surface area contributed by atoms with Crippen LogP contribution in [-0.2, 0) is 0 Å². The molecule has 90 valence electrons. The molecule has 0 saturated heterocycles. The third-order valence-electron chi connectivity index (χ3n) is 2.77. The lowest BCUT2D eigenvalue weighted by atomic mass is 10.1. The highest BCUT2D eigenvalue weighted by molar-refractivity contribution is 5.99. The van der Waals surface area contributed by atoms with Crippen LogP contribution in [0.25, 0.3) is 0 Å². The molecule has 0 aliphatic heterocycles. The van der Waals surface area contributed by atoms with Crippen molar-refractivity contribution < 1.29 is 0 Å². The summed E-state index contributed by atoms with van der Waals surface area (Å²) in [6.07, 6.45) is 5.15. The molecule has 0 aliphatic rings. The minimum Gasteiger partial charge on any atom is -0.253 e. The van der Waals surface area contributed by atoms with E-state index in [0.717, 1.165) is 17.8 Å². The van der Waals surface area contributed by atoms with Crippen LogP contribution in [0.4, 0.5) is 0 Å². The Morgan fingerprint density at radius 1 is 1.18 bits per heavy atom. The van der Waals surface area contributed by atoms with Crippen LogP contribution in [0.2, 0.25) is 0 Å². The van der Waals surface area contributed by atoms with E-state index in [1.165, 1.54) is 11.1 Å². The van der Waals surface area contributed by atoms with Gasteiger partial charge in [0.1, 0.15) is 0 Å². The van der Waals surface area contributed by atoms with Gasteiger partial charge in [0.2, 0.25) is 0 Å². The Morgan fingerprint density at radius 2 is 1.82 bits per heavy atom. The van der Waals surface area contributed by atoms with E-state index < -0.39 is 0 Å². The van der Waals surface area contributed by atoms with Crippen molar-refractivity contribution >= 4 is 5.71 Å². The fourth-order valence-electron chi connectivity index (χ4n) is 1.54. The van der Waals surface area contributed by atoms with Gasteiger partial charge in [0, 0.05) is 5.71 Å². The van der Waals surface area contributed by atoms with Crippen LogP contribution < -0.4 is 0 Å². The van der Waals surface area contributed by atoms with Gasteiger partial charge in [0.15, 0.2) is 0 Å². The summed E-state index contributed by atoms with van der Waals surface area (Å²) >= 11 is 0. The molecule has 0 spiro atoms. The van der Waals surface area contributed by atoms with Crippen LogP contribution >= 0.6 is 0 Å². The maximum Gasteiger partial charge on any atom is 0.0618 e. The second kappa shape index (κ2) is 6.85. The van der Waals surface area contributed by atoms with E-state index >= 15 is 0 Å². The van der Waals surface area contributed by atoms with Gasteiger partial charge in [0.05, 0.1) is 5.70 Å². The number of allylic oxidation sites excluding steroid dienone is 3. The van der Waals surface area contributed by atoms with E-state index in [-0.39, 0.29) is 0 Å². The standard InChI is InChI=1S/C16H21N/c1-5-10-16(13(3)6-2)17-14(4)15-11-8-7-9-12-15/h5,7-12H,6H2,1-4H3/b10-5-,16-13+,17-14?. The molecule has 1 nitrogen and oxygen atoms in total. The van der Waals surface area contributed by atoms with Gasteiger partial charge in [-0.3, -0.25) is 4.99 Å². The van der Waals surface area contributed by atoms with Crippen molar-refractivity contribution in [2.24, 2.45) is 4.99 Å². The van der Waals surface area contributed by atoms with Crippen LogP contribution in [-0.4, -0.2) is 5.71 Å². The number of benzene rings is 1. The molecule has 0 bridgehead atoms. The van der Waals surface area contributed by atoms with Crippen LogP contribution in [0.3, 0.4) is 0 Å². The minimum absolute atomic E-state index is 1.03. The molecule has 1 rings (SSSR count). The number of nitrogens with zero attached hydrogens (tertiary/aromatic N) is 1. The molecule has 0 aromatic heterocycles. The number of hydrogen-bond donors (Lipinski definition) is 0. The van der Waals surface area contributed by atoms with Crippen molar-refractivity contribution in [1.82, 2.24) is 0 Å². The zero-order valence-corrected chi connectivity index (χ0v) is 11.2. The zero-order chi connectivity index (χ0) is 12.7. The fourth-order valence-corrected chi connectivity index (χ4v) is 1.54. The van der Waals surface area contributed by atoms with E-state index in [2.05, 4.69) is 39.0 Å². The van der Waals surface area contributed by atoms with Crippen molar-refractivity contribution in [2.45, 2.75) is 34.1 Å². The lowest BCUT2D eigenvalue weighted by Crippen LogP contribution is -1.95. The molecule has 0 amide bonds. The summed E-state index contributed by atoms with van der Waals surface area (Å²) in [7, 11) is 0. The van der Waals surface area contributed by atoms with Gasteiger partial charge in [-0.05, 0) is 44.4 Å². The van der Waals surface area contributed by atoms with E-state index in [0.29, 0.717) is 0 Å². The van der Waals surface area contributed by atoms with E-state index in [1.807, 2.05) is 31.2 Å². The SMILES string of the molecule is C/C=C\C(N=C(C)c1ccccc1)=C(\C)CC. The quantitative estimate of drug-likeness (QED) is 0.519. The predicted molar refractivity (Wildman–Crippen MR) is 76.5 cm³/mol. The molecular formula is C16H21N. The molecule has 0 N–H and O–H groups in total. The maximum absolute atomic E-state index is 4.72. The van der Waals surface area contributed by atoms with Crippen molar-refractivity contribution in [3.8, 4) is 0 Å². The Kier molecular flexibility index (Phi) is 5.41. The Morgan fingerprint density at radius 3 is 2.35 bits per heavy atom. The van der Waals surface area contributed by atoms with Gasteiger partial charge in [0.25, 0.3) is 0 Å². The Hall–Kier alpha value is -1.63. The fraction of sp³-hybridized carbons (Fsp3) is 0.312. The van der Waals surface area contributed by atoms with Crippen LogP contribution in [0.5, 0.6) is 0 Å². The van der Waals surface area contributed by atoms with E-state index in [9.17, 15) is 0 Å². The first-order valence-corrected chi connectivity index (χ1v) is 6.12. The van der Waals surface area contributed by atoms with E-state index in [1.54, 1.807) is 0 Å². The monoisotopic (exact) mass is 227 g/mol. The summed E-state index contributed by atoms with van der Waals surface area (Å²) in [5, 5.41) is 0. The largest absolute Gasteiger partial charge is 0.253 e. The van der Waals surface area contributed by atoms with Gasteiger partial charge in [-0.15, -0.1) is 0 Å². The first kappa shape index (κ1) is 13.4. The summed E-state index contributed by atoms with van der Waals surface area (Å²) in [5.41, 5.74) is 4.64. The average molecular weight is 227 g/mol. The maximum atomic E-state index is 4.72. The third kappa shape index (κ3) is 4.03.